The van der Waals surface area contributed by atoms with Crippen LogP contribution in [0.25, 0.3) is 0 Å². The average Bonchev–Trinajstić information content (AvgIpc) is 2.02. The zero-order chi connectivity index (χ0) is 12.4. The summed E-state index contributed by atoms with van der Waals surface area (Å²) in [7, 11) is 0. The number of ether oxygens (including phenoxy) is 1. The predicted octanol–water partition coefficient (Wildman–Crippen LogP) is -1.98. The molecule has 0 saturated carbocycles. The number of rotatable bonds is 4. The smallest absolute Gasteiger partial charge is 0.544 e. The Kier molecular flexibility index (Phi) is 5.96. The maximum absolute atomic E-state index is 12.1. The van der Waals surface area contributed by atoms with Crippen LogP contribution in [0.3, 0.4) is 0 Å². The Bertz CT molecular complexity index is 298. The van der Waals surface area contributed by atoms with Crippen molar-refractivity contribution in [3.8, 4) is 0 Å². The van der Waals surface area contributed by atoms with Crippen molar-refractivity contribution in [3.05, 3.63) is 12.1 Å². The van der Waals surface area contributed by atoms with Crippen LogP contribution in [0.4, 0.5) is 30.7 Å². The minimum Gasteiger partial charge on any atom is -0.544 e. The Morgan fingerprint density at radius 1 is 1.06 bits per heavy atom. The first kappa shape index (κ1) is 17.5. The quantitative estimate of drug-likeness (QED) is 0.329. The zero-order valence-electron chi connectivity index (χ0n) is 7.37. The maximum atomic E-state index is 12.1. The van der Waals surface area contributed by atoms with E-state index in [1.165, 1.54) is 0 Å². The molecule has 0 atom stereocenters. The van der Waals surface area contributed by atoms with Crippen molar-refractivity contribution in [2.24, 2.45) is 0 Å². The zero-order valence-corrected chi connectivity index (χ0v) is 7.37. The second kappa shape index (κ2) is 5.45. The minimum absolute atomic E-state index is 0. The second-order valence-electron chi connectivity index (χ2n) is 2.01. The predicted molar refractivity (Wildman–Crippen MR) is 26.3 cm³/mol. The third kappa shape index (κ3) is 3.60. The van der Waals surface area contributed by atoms with E-state index in [9.17, 15) is 40.6 Å². The normalized spacial score (nSPS) is 11.4. The molecule has 3 nitrogen and oxygen atoms in total. The molecule has 0 aromatic heterocycles. The Balaban J connectivity index is 0. The summed E-state index contributed by atoms with van der Waals surface area (Å²) in [4.78, 5) is 9.47. The molecule has 0 fully saturated rings. The molecule has 0 aromatic carbocycles. The Morgan fingerprint density at radius 2 is 1.44 bits per heavy atom. The molecule has 0 aromatic rings. The fraction of sp³-hybridized carbons (Fsp3) is 0.400. The van der Waals surface area contributed by atoms with E-state index in [4.69, 9.17) is 0 Å². The molecular weight excluding hydrogens is 248 g/mol. The van der Waals surface area contributed by atoms with E-state index in [1.807, 2.05) is 0 Å². The van der Waals surface area contributed by atoms with Gasteiger partial charge in [0.15, 0.2) is 0 Å². The van der Waals surface area contributed by atoms with Crippen LogP contribution >= 0.6 is 0 Å². The topological polar surface area (TPSA) is 49.4 Å². The molecule has 0 unspecified atom stereocenters. The average molecular weight is 248 g/mol. The number of halogens is 7. The third-order valence-electron chi connectivity index (χ3n) is 0.988. The van der Waals surface area contributed by atoms with Gasteiger partial charge in [-0.25, -0.2) is 0 Å². The van der Waals surface area contributed by atoms with Gasteiger partial charge < -0.3 is 14.6 Å². The molecule has 0 heterocycles. The number of carbonyl (C=O) groups is 1. The number of carbonyl (C=O) groups excluding carboxylic acids is 1. The van der Waals surface area contributed by atoms with Crippen LogP contribution in [0.1, 0.15) is 0 Å². The van der Waals surface area contributed by atoms with E-state index in [0.717, 1.165) is 0 Å². The van der Waals surface area contributed by atoms with E-state index in [0.29, 0.717) is 0 Å². The molecule has 88 valence electrons. The molecule has 0 N–H and O–H groups in total. The van der Waals surface area contributed by atoms with Gasteiger partial charge in [-0.2, -0.15) is 30.7 Å². The van der Waals surface area contributed by atoms with E-state index in [2.05, 4.69) is 4.74 Å². The summed E-state index contributed by atoms with van der Waals surface area (Å²) in [5, 5.41) is 9.47. The fourth-order valence-corrected chi connectivity index (χ4v) is 0.334. The monoisotopic (exact) mass is 248 g/mol. The van der Waals surface area contributed by atoms with Gasteiger partial charge in [0.25, 0.3) is 0 Å². The first-order valence-electron chi connectivity index (χ1n) is 2.89. The van der Waals surface area contributed by atoms with Crippen molar-refractivity contribution in [2.75, 3.05) is 0 Å². The third-order valence-corrected chi connectivity index (χ3v) is 0.988. The van der Waals surface area contributed by atoms with Gasteiger partial charge >= 0.3 is 43.0 Å². The van der Waals surface area contributed by atoms with Gasteiger partial charge in [0, 0.05) is 0 Å². The fourth-order valence-electron chi connectivity index (χ4n) is 0.334. The molecule has 0 saturated heterocycles. The summed E-state index contributed by atoms with van der Waals surface area (Å²) in [6.45, 7) is 0. The molecule has 16 heavy (non-hydrogen) atoms. The Labute approximate surface area is 95.0 Å². The van der Waals surface area contributed by atoms with Crippen molar-refractivity contribution in [2.45, 2.75) is 12.0 Å². The van der Waals surface area contributed by atoms with Gasteiger partial charge in [0.1, 0.15) is 5.97 Å². The van der Waals surface area contributed by atoms with Gasteiger partial charge in [-0.15, -0.1) is 0 Å². The van der Waals surface area contributed by atoms with Gasteiger partial charge in [-0.3, -0.25) is 0 Å². The maximum Gasteiger partial charge on any atom is 1.00 e. The first-order valence-corrected chi connectivity index (χ1v) is 2.89. The Hall–Kier alpha value is -0.883. The second-order valence-corrected chi connectivity index (χ2v) is 2.01. The number of hydrogen-bond acceptors (Lipinski definition) is 3. The van der Waals surface area contributed by atoms with Crippen LogP contribution in [-0.2, 0) is 9.53 Å². The summed E-state index contributed by atoms with van der Waals surface area (Å²) in [6.07, 6.45) is -9.43. The van der Waals surface area contributed by atoms with E-state index < -0.39 is 30.1 Å². The van der Waals surface area contributed by atoms with E-state index in [-0.39, 0.29) is 18.9 Å². The van der Waals surface area contributed by atoms with E-state index in [1.54, 1.807) is 0 Å². The largest absolute Gasteiger partial charge is 1.00 e. The molecule has 0 bridgehead atoms. The summed E-state index contributed by atoms with van der Waals surface area (Å²) < 4.78 is 84.3. The summed E-state index contributed by atoms with van der Waals surface area (Å²) in [5.41, 5.74) is 0. The molecule has 0 rings (SSSR count). The van der Waals surface area contributed by atoms with Gasteiger partial charge in [0.05, 0.1) is 0 Å². The van der Waals surface area contributed by atoms with Crippen molar-refractivity contribution < 1.29 is 64.2 Å². The van der Waals surface area contributed by atoms with Crippen LogP contribution in [0.15, 0.2) is 12.1 Å². The van der Waals surface area contributed by atoms with Gasteiger partial charge in [-0.1, -0.05) is 0 Å². The van der Waals surface area contributed by atoms with Crippen LogP contribution in [-0.4, -0.2) is 18.0 Å². The van der Waals surface area contributed by atoms with Crippen molar-refractivity contribution in [1.82, 2.24) is 0 Å². The summed E-state index contributed by atoms with van der Waals surface area (Å²) in [5.74, 6) is -9.54. The van der Waals surface area contributed by atoms with Gasteiger partial charge in [-0.05, 0) is 0 Å². The van der Waals surface area contributed by atoms with Gasteiger partial charge in [0.2, 0.25) is 0 Å². The van der Waals surface area contributed by atoms with Crippen molar-refractivity contribution in [1.29, 1.82) is 0 Å². The molecular formula is C5F7LiO3. The molecule has 11 heteroatoms. The molecule has 0 aliphatic carbocycles. The number of alkyl halides is 4. The van der Waals surface area contributed by atoms with Crippen LogP contribution in [0.2, 0.25) is 0 Å². The first-order chi connectivity index (χ1) is 6.52. The molecule has 0 aliphatic rings. The van der Waals surface area contributed by atoms with Crippen molar-refractivity contribution >= 4 is 5.97 Å². The standard InChI is InChI=1S/C5HF7O3.Li/c6-1(7)2(8)15-5(11,12)4(9,10)3(13)14;/h(H,13,14);/q;+1/p-1. The van der Waals surface area contributed by atoms with Crippen LogP contribution in [0.5, 0.6) is 0 Å². The van der Waals surface area contributed by atoms with E-state index >= 15 is 0 Å². The number of aliphatic carboxylic acids is 1. The Morgan fingerprint density at radius 3 is 1.69 bits per heavy atom. The number of carboxylic acid groups (broad SMARTS) is 1. The number of hydrogen-bond donors (Lipinski definition) is 0. The van der Waals surface area contributed by atoms with Crippen molar-refractivity contribution in [3.63, 3.8) is 0 Å². The summed E-state index contributed by atoms with van der Waals surface area (Å²) >= 11 is 0. The molecule has 0 amide bonds. The molecule has 0 aliphatic heterocycles. The summed E-state index contributed by atoms with van der Waals surface area (Å²) in [6, 6.07) is -3.30. The molecule has 0 radical (unpaired) electrons. The minimum atomic E-state index is -5.99. The SMILES string of the molecule is O=C([O-])C(F)(F)C(F)(F)OC(F)=C(F)F.[Li+]. The van der Waals surface area contributed by atoms with Crippen LogP contribution in [0, 0.1) is 0 Å². The molecule has 0 spiro atoms. The number of carboxylic acids is 1. The van der Waals surface area contributed by atoms with Crippen LogP contribution < -0.4 is 24.0 Å².